The minimum Gasteiger partial charge on any atom is -0.388 e. The van der Waals surface area contributed by atoms with E-state index in [1.165, 1.54) is 0 Å². The van der Waals surface area contributed by atoms with Crippen molar-refractivity contribution in [3.63, 3.8) is 0 Å². The van der Waals surface area contributed by atoms with Gasteiger partial charge in [-0.15, -0.1) is 0 Å². The van der Waals surface area contributed by atoms with Crippen LogP contribution in [0.2, 0.25) is 0 Å². The fourth-order valence-electron chi connectivity index (χ4n) is 1.14. The topological polar surface area (TPSA) is 119 Å². The summed E-state index contributed by atoms with van der Waals surface area (Å²) in [6.07, 6.45) is -4.28. The number of hydrogen-bond acceptors (Lipinski definition) is 5. The molecular weight excluding hydrogens is 178 g/mol. The maximum absolute atomic E-state index is 9.32. The van der Waals surface area contributed by atoms with E-state index in [2.05, 4.69) is 10.0 Å². The van der Waals surface area contributed by atoms with Crippen LogP contribution in [0.4, 0.5) is 0 Å². The Bertz CT molecular complexity index is 218. The van der Waals surface area contributed by atoms with Crippen molar-refractivity contribution >= 4 is 0 Å². The average Bonchev–Trinajstić information content (AvgIpc) is 2.13. The summed E-state index contributed by atoms with van der Waals surface area (Å²) < 4.78 is 4.95. The molecule has 0 radical (unpaired) electrons. The molecule has 0 spiro atoms. The first-order valence-corrected chi connectivity index (χ1v) is 3.83. The molecule has 1 aliphatic heterocycles. The Morgan fingerprint density at radius 1 is 1.38 bits per heavy atom. The fraction of sp³-hybridized carbons (Fsp3) is 1.00. The van der Waals surface area contributed by atoms with Crippen molar-refractivity contribution in [2.75, 3.05) is 13.2 Å². The minimum absolute atomic E-state index is 0.0541. The van der Waals surface area contributed by atoms with Crippen LogP contribution in [0, 0.1) is 0 Å². The lowest BCUT2D eigenvalue weighted by Crippen LogP contribution is -2.53. The smallest absolute Gasteiger partial charge is 0.111 e. The van der Waals surface area contributed by atoms with Crippen molar-refractivity contribution in [1.29, 1.82) is 0 Å². The number of rotatable bonds is 2. The Balaban J connectivity index is 2.53. The normalized spacial score (nSPS) is 39.6. The zero-order valence-corrected chi connectivity index (χ0v) is 6.82. The highest BCUT2D eigenvalue weighted by atomic mass is 16.5. The summed E-state index contributed by atoms with van der Waals surface area (Å²) in [5.74, 6) is 0. The molecule has 1 saturated heterocycles. The third-order valence-electron chi connectivity index (χ3n) is 1.93. The van der Waals surface area contributed by atoms with E-state index in [4.69, 9.17) is 15.4 Å². The standard InChI is InChI=1S/C6H11N3O4/c7-9-8-1-4-6(12)5(11)3(10)2-13-4/h3-6,10-12H,1-2H2/t3-,4+,5?,6+/m0/s1. The summed E-state index contributed by atoms with van der Waals surface area (Å²) in [4.78, 5) is 2.50. The molecule has 3 N–H and O–H groups in total. The van der Waals surface area contributed by atoms with E-state index in [0.717, 1.165) is 0 Å². The van der Waals surface area contributed by atoms with Crippen LogP contribution in [0.15, 0.2) is 5.11 Å². The lowest BCUT2D eigenvalue weighted by atomic mass is 10.0. The Morgan fingerprint density at radius 3 is 2.69 bits per heavy atom. The van der Waals surface area contributed by atoms with Gasteiger partial charge in [0.25, 0.3) is 0 Å². The Labute approximate surface area is 74.2 Å². The SMILES string of the molecule is [N-]=[N+]=NC[C@H]1OC[C@H](O)C(O)[C@@H]1O. The van der Waals surface area contributed by atoms with Crippen LogP contribution < -0.4 is 0 Å². The number of azide groups is 1. The summed E-state index contributed by atoms with van der Waals surface area (Å²) in [5, 5.41) is 30.8. The molecule has 0 aromatic carbocycles. The van der Waals surface area contributed by atoms with Crippen LogP contribution >= 0.6 is 0 Å². The van der Waals surface area contributed by atoms with Gasteiger partial charge in [0.2, 0.25) is 0 Å². The second-order valence-electron chi connectivity index (χ2n) is 2.83. The fourth-order valence-corrected chi connectivity index (χ4v) is 1.14. The predicted octanol–water partition coefficient (Wildman–Crippen LogP) is -1.22. The van der Waals surface area contributed by atoms with Crippen LogP contribution in [0.3, 0.4) is 0 Å². The monoisotopic (exact) mass is 189 g/mol. The van der Waals surface area contributed by atoms with Gasteiger partial charge in [-0.3, -0.25) is 0 Å². The molecule has 1 heterocycles. The molecule has 7 nitrogen and oxygen atoms in total. The molecule has 1 fully saturated rings. The first-order valence-electron chi connectivity index (χ1n) is 3.83. The summed E-state index contributed by atoms with van der Waals surface area (Å²) in [5.41, 5.74) is 8.01. The molecule has 0 aromatic rings. The Kier molecular flexibility index (Phi) is 3.47. The number of nitrogens with zero attached hydrogens (tertiary/aromatic N) is 3. The molecule has 7 heteroatoms. The molecule has 1 unspecified atom stereocenters. The van der Waals surface area contributed by atoms with E-state index in [-0.39, 0.29) is 13.2 Å². The van der Waals surface area contributed by atoms with Crippen molar-refractivity contribution in [1.82, 2.24) is 0 Å². The highest BCUT2D eigenvalue weighted by Crippen LogP contribution is 2.15. The van der Waals surface area contributed by atoms with Gasteiger partial charge in [0.15, 0.2) is 0 Å². The van der Waals surface area contributed by atoms with Gasteiger partial charge in [0.1, 0.15) is 18.3 Å². The predicted molar refractivity (Wildman–Crippen MR) is 41.8 cm³/mol. The molecule has 1 rings (SSSR count). The van der Waals surface area contributed by atoms with Gasteiger partial charge in [0.05, 0.1) is 19.3 Å². The molecule has 1 aliphatic rings. The zero-order valence-electron chi connectivity index (χ0n) is 6.82. The van der Waals surface area contributed by atoms with Crippen molar-refractivity contribution in [3.8, 4) is 0 Å². The van der Waals surface area contributed by atoms with Gasteiger partial charge in [-0.2, -0.15) is 0 Å². The van der Waals surface area contributed by atoms with Crippen LogP contribution in [-0.4, -0.2) is 52.9 Å². The third kappa shape index (κ3) is 2.30. The zero-order chi connectivity index (χ0) is 9.84. The van der Waals surface area contributed by atoms with E-state index < -0.39 is 24.4 Å². The molecule has 13 heavy (non-hydrogen) atoms. The second kappa shape index (κ2) is 4.40. The summed E-state index contributed by atoms with van der Waals surface area (Å²) in [7, 11) is 0. The first kappa shape index (κ1) is 10.2. The van der Waals surface area contributed by atoms with Crippen LogP contribution in [-0.2, 0) is 4.74 Å². The molecule has 0 saturated carbocycles. The molecule has 74 valence electrons. The van der Waals surface area contributed by atoms with Crippen molar-refractivity contribution in [2.45, 2.75) is 24.4 Å². The van der Waals surface area contributed by atoms with Crippen LogP contribution in [0.25, 0.3) is 10.4 Å². The van der Waals surface area contributed by atoms with Crippen molar-refractivity contribution < 1.29 is 20.1 Å². The number of aliphatic hydroxyl groups excluding tert-OH is 3. The average molecular weight is 189 g/mol. The highest BCUT2D eigenvalue weighted by molar-refractivity contribution is 4.87. The Morgan fingerprint density at radius 2 is 2.08 bits per heavy atom. The van der Waals surface area contributed by atoms with Crippen LogP contribution in [0.5, 0.6) is 0 Å². The summed E-state index contributed by atoms with van der Waals surface area (Å²) >= 11 is 0. The number of ether oxygens (including phenoxy) is 1. The van der Waals surface area contributed by atoms with Crippen molar-refractivity contribution in [2.24, 2.45) is 5.11 Å². The quantitative estimate of drug-likeness (QED) is 0.286. The van der Waals surface area contributed by atoms with Gasteiger partial charge < -0.3 is 20.1 Å². The number of hydrogen-bond donors (Lipinski definition) is 3. The van der Waals surface area contributed by atoms with E-state index in [1.807, 2.05) is 0 Å². The molecule has 0 aliphatic carbocycles. The molecule has 4 atom stereocenters. The third-order valence-corrected chi connectivity index (χ3v) is 1.93. The van der Waals surface area contributed by atoms with Gasteiger partial charge in [0, 0.05) is 4.91 Å². The highest BCUT2D eigenvalue weighted by Gasteiger charge is 2.36. The van der Waals surface area contributed by atoms with E-state index >= 15 is 0 Å². The Hall–Kier alpha value is -0.850. The van der Waals surface area contributed by atoms with E-state index in [1.54, 1.807) is 0 Å². The van der Waals surface area contributed by atoms with E-state index in [0.29, 0.717) is 0 Å². The maximum atomic E-state index is 9.32. The first-order chi connectivity index (χ1) is 6.16. The molecule has 0 amide bonds. The second-order valence-corrected chi connectivity index (χ2v) is 2.83. The van der Waals surface area contributed by atoms with Gasteiger partial charge in [-0.25, -0.2) is 0 Å². The number of aliphatic hydroxyl groups is 3. The molecular formula is C6H11N3O4. The molecule has 0 bridgehead atoms. The summed E-state index contributed by atoms with van der Waals surface area (Å²) in [6.45, 7) is -0.120. The lowest BCUT2D eigenvalue weighted by molar-refractivity contribution is -0.183. The van der Waals surface area contributed by atoms with Crippen molar-refractivity contribution in [3.05, 3.63) is 10.4 Å². The largest absolute Gasteiger partial charge is 0.388 e. The maximum Gasteiger partial charge on any atom is 0.111 e. The summed E-state index contributed by atoms with van der Waals surface area (Å²) in [6, 6.07) is 0. The minimum atomic E-state index is -1.24. The van der Waals surface area contributed by atoms with Gasteiger partial charge >= 0.3 is 0 Å². The van der Waals surface area contributed by atoms with E-state index in [9.17, 15) is 10.2 Å². The molecule has 0 aromatic heterocycles. The lowest BCUT2D eigenvalue weighted by Gasteiger charge is -2.34. The van der Waals surface area contributed by atoms with Gasteiger partial charge in [-0.1, -0.05) is 5.11 Å². The van der Waals surface area contributed by atoms with Gasteiger partial charge in [-0.05, 0) is 5.53 Å². The van der Waals surface area contributed by atoms with Crippen LogP contribution in [0.1, 0.15) is 0 Å².